The minimum absolute atomic E-state index is 0.0933. The van der Waals surface area contributed by atoms with Gasteiger partial charge in [-0.25, -0.2) is 9.78 Å². The van der Waals surface area contributed by atoms with E-state index in [0.29, 0.717) is 11.6 Å². The molecule has 0 radical (unpaired) electrons. The third kappa shape index (κ3) is 5.67. The van der Waals surface area contributed by atoms with Crippen LogP contribution in [0.3, 0.4) is 0 Å². The lowest BCUT2D eigenvalue weighted by Gasteiger charge is -2.39. The summed E-state index contributed by atoms with van der Waals surface area (Å²) >= 11 is 0. The highest BCUT2D eigenvalue weighted by molar-refractivity contribution is 5.88. The quantitative estimate of drug-likeness (QED) is 0.278. The SMILES string of the molecule is Cc1nc(Oc2ccc3c(O)[nH]cc3c2)ccc1CN1CCC(N2C(=O)N(C3CCOCC3)C[C@H]2c2ccccc2)CC1. The van der Waals surface area contributed by atoms with E-state index in [4.69, 9.17) is 14.5 Å². The van der Waals surface area contributed by atoms with E-state index in [1.54, 1.807) is 6.20 Å². The van der Waals surface area contributed by atoms with Crippen LogP contribution >= 0.6 is 0 Å². The third-order valence-corrected chi connectivity index (χ3v) is 9.37. The van der Waals surface area contributed by atoms with E-state index in [1.165, 1.54) is 11.1 Å². The Morgan fingerprint density at radius 1 is 1.00 bits per heavy atom. The van der Waals surface area contributed by atoms with Crippen molar-refractivity contribution in [3.63, 3.8) is 0 Å². The molecule has 7 rings (SSSR count). The zero-order chi connectivity index (χ0) is 29.3. The number of piperidine rings is 1. The van der Waals surface area contributed by atoms with Gasteiger partial charge < -0.3 is 29.4 Å². The molecule has 0 spiro atoms. The van der Waals surface area contributed by atoms with Gasteiger partial charge in [-0.3, -0.25) is 4.90 Å². The predicted octanol–water partition coefficient (Wildman–Crippen LogP) is 5.99. The number of fused-ring (bicyclic) bond motifs is 1. The first kappa shape index (κ1) is 27.7. The lowest BCUT2D eigenvalue weighted by atomic mass is 9.98. The number of aryl methyl sites for hydroxylation is 1. The van der Waals surface area contributed by atoms with Crippen molar-refractivity contribution >= 4 is 16.8 Å². The number of aromatic hydroxyl groups is 1. The van der Waals surface area contributed by atoms with Gasteiger partial charge in [0.25, 0.3) is 0 Å². The molecule has 3 fully saturated rings. The maximum absolute atomic E-state index is 13.9. The van der Waals surface area contributed by atoms with E-state index >= 15 is 0 Å². The Morgan fingerprint density at radius 3 is 2.56 bits per heavy atom. The number of urea groups is 1. The summed E-state index contributed by atoms with van der Waals surface area (Å²) in [6.45, 7) is 6.96. The van der Waals surface area contributed by atoms with E-state index in [0.717, 1.165) is 81.5 Å². The molecule has 4 aromatic rings. The lowest BCUT2D eigenvalue weighted by molar-refractivity contribution is 0.0493. The van der Waals surface area contributed by atoms with E-state index in [9.17, 15) is 9.90 Å². The Labute approximate surface area is 252 Å². The first-order valence-corrected chi connectivity index (χ1v) is 15.4. The van der Waals surface area contributed by atoms with Crippen LogP contribution in [0, 0.1) is 6.92 Å². The number of pyridine rings is 1. The molecule has 9 nitrogen and oxygen atoms in total. The van der Waals surface area contributed by atoms with Gasteiger partial charge >= 0.3 is 6.03 Å². The molecule has 2 N–H and O–H groups in total. The van der Waals surface area contributed by atoms with E-state index in [2.05, 4.69) is 50.0 Å². The summed E-state index contributed by atoms with van der Waals surface area (Å²) in [7, 11) is 0. The van der Waals surface area contributed by atoms with Crippen molar-refractivity contribution in [1.82, 2.24) is 24.7 Å². The van der Waals surface area contributed by atoms with Crippen LogP contribution in [0.4, 0.5) is 4.79 Å². The molecule has 3 aliphatic rings. The summed E-state index contributed by atoms with van der Waals surface area (Å²) in [5, 5.41) is 11.5. The van der Waals surface area contributed by atoms with Gasteiger partial charge in [0.15, 0.2) is 5.88 Å². The van der Waals surface area contributed by atoms with Crippen molar-refractivity contribution < 1.29 is 19.4 Å². The normalized spacial score (nSPS) is 20.8. The van der Waals surface area contributed by atoms with E-state index in [-0.39, 0.29) is 30.0 Å². The fraction of sp³-hybridized carbons (Fsp3) is 0.412. The minimum Gasteiger partial charge on any atom is -0.494 e. The molecule has 2 aromatic heterocycles. The standard InChI is InChI=1S/C34H39N5O4/c1-23-25(7-10-32(36-23)43-29-8-9-30-26(19-29)20-35-33(30)40)21-37-15-11-28(12-16-37)39-31(24-5-3-2-4-6-24)22-38(34(39)41)27-13-17-42-18-14-27/h2-10,19-20,27-28,31,35,40H,11-18,21-22H2,1H3/t31-/m0/s1. The second-order valence-corrected chi connectivity index (χ2v) is 12.0. The number of nitrogens with one attached hydrogen (secondary N) is 1. The zero-order valence-corrected chi connectivity index (χ0v) is 24.6. The molecule has 0 saturated carbocycles. The van der Waals surface area contributed by atoms with Crippen molar-refractivity contribution in [1.29, 1.82) is 0 Å². The number of aromatic amines is 1. The van der Waals surface area contributed by atoms with Crippen LogP contribution in [0.25, 0.3) is 10.8 Å². The highest BCUT2D eigenvalue weighted by Gasteiger charge is 2.45. The van der Waals surface area contributed by atoms with Gasteiger partial charge in [-0.1, -0.05) is 36.4 Å². The number of aromatic nitrogens is 2. The monoisotopic (exact) mass is 581 g/mol. The van der Waals surface area contributed by atoms with Gasteiger partial charge in [0, 0.05) is 80.2 Å². The smallest absolute Gasteiger partial charge is 0.321 e. The topological polar surface area (TPSA) is 94.2 Å². The van der Waals surface area contributed by atoms with Crippen LogP contribution in [0.15, 0.2) is 66.9 Å². The van der Waals surface area contributed by atoms with Gasteiger partial charge in [0.1, 0.15) is 5.75 Å². The second-order valence-electron chi connectivity index (χ2n) is 12.0. The average molecular weight is 582 g/mol. The van der Waals surface area contributed by atoms with Gasteiger partial charge in [0.2, 0.25) is 5.88 Å². The maximum atomic E-state index is 13.9. The first-order valence-electron chi connectivity index (χ1n) is 15.4. The first-order chi connectivity index (χ1) is 21.0. The van der Waals surface area contributed by atoms with Crippen LogP contribution < -0.4 is 4.74 Å². The number of amides is 2. The summed E-state index contributed by atoms with van der Waals surface area (Å²) in [5.41, 5.74) is 3.36. The van der Waals surface area contributed by atoms with Crippen molar-refractivity contribution in [2.24, 2.45) is 0 Å². The number of carbonyl (C=O) groups excluding carboxylic acids is 1. The molecule has 43 heavy (non-hydrogen) atoms. The fourth-order valence-electron chi connectivity index (χ4n) is 6.96. The zero-order valence-electron chi connectivity index (χ0n) is 24.6. The van der Waals surface area contributed by atoms with Crippen molar-refractivity contribution in [2.75, 3.05) is 32.8 Å². The third-order valence-electron chi connectivity index (χ3n) is 9.37. The van der Waals surface area contributed by atoms with E-state index < -0.39 is 0 Å². The summed E-state index contributed by atoms with van der Waals surface area (Å²) in [6.07, 6.45) is 5.52. The number of nitrogens with zero attached hydrogens (tertiary/aromatic N) is 4. The maximum Gasteiger partial charge on any atom is 0.321 e. The molecule has 0 bridgehead atoms. The number of benzene rings is 2. The Kier molecular flexibility index (Phi) is 7.67. The Bertz CT molecular complexity index is 1580. The van der Waals surface area contributed by atoms with Crippen LogP contribution in [0.1, 0.15) is 48.5 Å². The van der Waals surface area contributed by atoms with Gasteiger partial charge in [-0.15, -0.1) is 0 Å². The van der Waals surface area contributed by atoms with Crippen LogP contribution in [-0.2, 0) is 11.3 Å². The van der Waals surface area contributed by atoms with Gasteiger partial charge in [-0.05, 0) is 61.9 Å². The van der Waals surface area contributed by atoms with Crippen LogP contribution in [0.2, 0.25) is 0 Å². The number of ether oxygens (including phenoxy) is 2. The molecule has 9 heteroatoms. The highest BCUT2D eigenvalue weighted by atomic mass is 16.5. The molecule has 0 unspecified atom stereocenters. The highest BCUT2D eigenvalue weighted by Crippen LogP contribution is 2.37. The molecule has 2 amide bonds. The van der Waals surface area contributed by atoms with Gasteiger partial charge in [0.05, 0.1) is 6.04 Å². The second kappa shape index (κ2) is 11.9. The average Bonchev–Trinajstić information content (AvgIpc) is 3.59. The molecular weight excluding hydrogens is 542 g/mol. The predicted molar refractivity (Wildman–Crippen MR) is 164 cm³/mol. The summed E-state index contributed by atoms with van der Waals surface area (Å²) < 4.78 is 11.6. The van der Waals surface area contributed by atoms with Crippen LogP contribution in [0.5, 0.6) is 17.5 Å². The Balaban J connectivity index is 0.994. The van der Waals surface area contributed by atoms with Crippen molar-refractivity contribution in [2.45, 2.75) is 57.3 Å². The van der Waals surface area contributed by atoms with Crippen molar-refractivity contribution in [3.8, 4) is 17.5 Å². The largest absolute Gasteiger partial charge is 0.494 e. The summed E-state index contributed by atoms with van der Waals surface area (Å²) in [5.74, 6) is 1.38. The van der Waals surface area contributed by atoms with Crippen LogP contribution in [-0.4, -0.2) is 80.7 Å². The minimum atomic E-state index is 0.0933. The lowest BCUT2D eigenvalue weighted by Crippen LogP contribution is -2.48. The number of H-pyrrole nitrogens is 1. The molecule has 2 aromatic carbocycles. The Morgan fingerprint density at radius 2 is 1.79 bits per heavy atom. The molecular formula is C34H39N5O4. The molecule has 1 atom stereocenters. The molecule has 3 saturated heterocycles. The van der Waals surface area contributed by atoms with E-state index in [1.807, 2.05) is 37.3 Å². The number of likely N-dealkylation sites (tertiary alicyclic amines) is 1. The molecule has 224 valence electrons. The Hall–Kier alpha value is -4.08. The molecule has 5 heterocycles. The number of hydrogen-bond acceptors (Lipinski definition) is 6. The number of hydrogen-bond donors (Lipinski definition) is 2. The summed E-state index contributed by atoms with van der Waals surface area (Å²) in [6, 6.07) is 20.9. The molecule has 3 aliphatic heterocycles. The number of carbonyl (C=O) groups is 1. The summed E-state index contributed by atoms with van der Waals surface area (Å²) in [4.78, 5) is 28.3. The number of rotatable bonds is 7. The molecule has 0 aliphatic carbocycles. The van der Waals surface area contributed by atoms with Crippen molar-refractivity contribution in [3.05, 3.63) is 83.7 Å². The fourth-order valence-corrected chi connectivity index (χ4v) is 6.96. The van der Waals surface area contributed by atoms with Gasteiger partial charge in [-0.2, -0.15) is 0 Å².